The number of nitrogens with zero attached hydrogens (tertiary/aromatic N) is 2. The maximum Gasteiger partial charge on any atom is 0.0106 e. The van der Waals surface area contributed by atoms with Crippen molar-refractivity contribution in [3.63, 3.8) is 0 Å². The minimum Gasteiger partial charge on any atom is -0.308 e. The molecule has 15 heavy (non-hydrogen) atoms. The van der Waals surface area contributed by atoms with Gasteiger partial charge in [-0.1, -0.05) is 20.8 Å². The van der Waals surface area contributed by atoms with E-state index in [-0.39, 0.29) is 0 Å². The predicted octanol–water partition coefficient (Wildman–Crippen LogP) is 2.07. The zero-order valence-electron chi connectivity index (χ0n) is 11.2. The van der Waals surface area contributed by atoms with Crippen LogP contribution in [-0.2, 0) is 0 Å². The Morgan fingerprint density at radius 3 is 1.93 bits per heavy atom. The molecule has 0 aliphatic heterocycles. The average Bonchev–Trinajstić information content (AvgIpc) is 2.08. The average molecular weight is 232 g/mol. The highest BCUT2D eigenvalue weighted by molar-refractivity contribution is 7.80. The van der Waals surface area contributed by atoms with Crippen LogP contribution in [0, 0.1) is 11.3 Å². The number of hydrogen-bond acceptors (Lipinski definition) is 3. The maximum absolute atomic E-state index is 4.46. The quantitative estimate of drug-likeness (QED) is 0.701. The molecule has 0 N–H and O–H groups in total. The third kappa shape index (κ3) is 7.20. The summed E-state index contributed by atoms with van der Waals surface area (Å²) < 4.78 is 0. The molecule has 0 amide bonds. The first kappa shape index (κ1) is 15.3. The molecule has 0 aromatic heterocycles. The second kappa shape index (κ2) is 6.77. The van der Waals surface area contributed by atoms with Crippen LogP contribution in [0.3, 0.4) is 0 Å². The van der Waals surface area contributed by atoms with Gasteiger partial charge in [0.15, 0.2) is 0 Å². The number of likely N-dealkylation sites (N-methyl/N-ethyl adjacent to an activating group) is 2. The third-order valence-electron chi connectivity index (χ3n) is 2.91. The Kier molecular flexibility index (Phi) is 6.89. The van der Waals surface area contributed by atoms with Crippen molar-refractivity contribution in [2.75, 3.05) is 46.5 Å². The Balaban J connectivity index is 3.97. The van der Waals surface area contributed by atoms with Crippen LogP contribution < -0.4 is 0 Å². The van der Waals surface area contributed by atoms with Gasteiger partial charge in [-0.15, -0.1) is 0 Å². The lowest BCUT2D eigenvalue weighted by Gasteiger charge is -2.33. The summed E-state index contributed by atoms with van der Waals surface area (Å²) in [5, 5.41) is 0. The van der Waals surface area contributed by atoms with Gasteiger partial charge in [0, 0.05) is 19.6 Å². The van der Waals surface area contributed by atoms with Crippen molar-refractivity contribution in [3.05, 3.63) is 0 Å². The molecule has 0 aliphatic rings. The monoisotopic (exact) mass is 232 g/mol. The van der Waals surface area contributed by atoms with Gasteiger partial charge < -0.3 is 9.80 Å². The summed E-state index contributed by atoms with van der Waals surface area (Å²) in [4.78, 5) is 4.63. The van der Waals surface area contributed by atoms with E-state index in [1.54, 1.807) is 0 Å². The summed E-state index contributed by atoms with van der Waals surface area (Å²) in [5.41, 5.74) is 0.355. The Morgan fingerprint density at radius 1 is 1.07 bits per heavy atom. The SMILES string of the molecule is CN(C)CCN(C)CC(CS)C(C)(C)C. The summed E-state index contributed by atoms with van der Waals surface area (Å²) in [5.74, 6) is 1.63. The van der Waals surface area contributed by atoms with Gasteiger partial charge in [0.05, 0.1) is 0 Å². The number of hydrogen-bond donors (Lipinski definition) is 1. The molecule has 0 aromatic carbocycles. The van der Waals surface area contributed by atoms with Gasteiger partial charge in [0.2, 0.25) is 0 Å². The molecule has 0 saturated heterocycles. The first-order valence-electron chi connectivity index (χ1n) is 5.71. The number of rotatable bonds is 6. The van der Waals surface area contributed by atoms with E-state index in [9.17, 15) is 0 Å². The van der Waals surface area contributed by atoms with E-state index < -0.39 is 0 Å². The van der Waals surface area contributed by atoms with Crippen molar-refractivity contribution >= 4 is 12.6 Å². The van der Waals surface area contributed by atoms with E-state index in [2.05, 4.69) is 64.3 Å². The van der Waals surface area contributed by atoms with Crippen molar-refractivity contribution in [1.82, 2.24) is 9.80 Å². The second-order valence-corrected chi connectivity index (χ2v) is 6.18. The maximum atomic E-state index is 4.46. The smallest absolute Gasteiger partial charge is 0.0106 e. The van der Waals surface area contributed by atoms with Crippen LogP contribution in [0.25, 0.3) is 0 Å². The fourth-order valence-corrected chi connectivity index (χ4v) is 2.11. The van der Waals surface area contributed by atoms with Crippen molar-refractivity contribution in [3.8, 4) is 0 Å². The number of thiol groups is 1. The van der Waals surface area contributed by atoms with Crippen molar-refractivity contribution in [2.24, 2.45) is 11.3 Å². The predicted molar refractivity (Wildman–Crippen MR) is 72.8 cm³/mol. The van der Waals surface area contributed by atoms with Gasteiger partial charge in [0.25, 0.3) is 0 Å². The zero-order chi connectivity index (χ0) is 12.1. The molecule has 0 heterocycles. The lowest BCUT2D eigenvalue weighted by molar-refractivity contribution is 0.178. The molecule has 0 spiro atoms. The fraction of sp³-hybridized carbons (Fsp3) is 1.00. The van der Waals surface area contributed by atoms with Crippen molar-refractivity contribution in [2.45, 2.75) is 20.8 Å². The lowest BCUT2D eigenvalue weighted by Crippen LogP contribution is -2.37. The van der Waals surface area contributed by atoms with E-state index in [1.807, 2.05) is 0 Å². The van der Waals surface area contributed by atoms with Crippen molar-refractivity contribution < 1.29 is 0 Å². The molecule has 0 aromatic rings. The molecule has 0 aliphatic carbocycles. The highest BCUT2D eigenvalue weighted by atomic mass is 32.1. The highest BCUT2D eigenvalue weighted by Crippen LogP contribution is 2.27. The molecule has 1 unspecified atom stereocenters. The summed E-state index contributed by atoms with van der Waals surface area (Å²) >= 11 is 4.46. The van der Waals surface area contributed by atoms with Crippen LogP contribution in [0.5, 0.6) is 0 Å². The van der Waals surface area contributed by atoms with Crippen LogP contribution in [-0.4, -0.2) is 56.3 Å². The molecule has 2 nitrogen and oxygen atoms in total. The second-order valence-electron chi connectivity index (χ2n) is 5.81. The molecule has 0 radical (unpaired) electrons. The van der Waals surface area contributed by atoms with Gasteiger partial charge in [-0.3, -0.25) is 0 Å². The summed E-state index contributed by atoms with van der Waals surface area (Å²) in [6.07, 6.45) is 0. The van der Waals surface area contributed by atoms with E-state index in [0.29, 0.717) is 11.3 Å². The molecule has 1 atom stereocenters. The van der Waals surface area contributed by atoms with Crippen molar-refractivity contribution in [1.29, 1.82) is 0 Å². The molecule has 0 saturated carbocycles. The largest absolute Gasteiger partial charge is 0.308 e. The van der Waals surface area contributed by atoms with Crippen LogP contribution in [0.15, 0.2) is 0 Å². The van der Waals surface area contributed by atoms with Gasteiger partial charge in [-0.2, -0.15) is 12.6 Å². The summed E-state index contributed by atoms with van der Waals surface area (Å²) in [7, 11) is 6.44. The van der Waals surface area contributed by atoms with Gasteiger partial charge >= 0.3 is 0 Å². The minimum absolute atomic E-state index is 0.355. The molecule has 0 bridgehead atoms. The van der Waals surface area contributed by atoms with Gasteiger partial charge in [0.1, 0.15) is 0 Å². The molecular formula is C12H28N2S. The molecule has 0 fully saturated rings. The van der Waals surface area contributed by atoms with E-state index >= 15 is 0 Å². The molecule has 0 rings (SSSR count). The first-order chi connectivity index (χ1) is 6.77. The highest BCUT2D eigenvalue weighted by Gasteiger charge is 2.24. The molecule has 3 heteroatoms. The van der Waals surface area contributed by atoms with Gasteiger partial charge in [-0.25, -0.2) is 0 Å². The third-order valence-corrected chi connectivity index (χ3v) is 3.35. The topological polar surface area (TPSA) is 6.48 Å². The zero-order valence-corrected chi connectivity index (χ0v) is 12.1. The standard InChI is InChI=1S/C12H28N2S/c1-12(2,3)11(10-15)9-14(6)8-7-13(4)5/h11,15H,7-10H2,1-6H3. The van der Waals surface area contributed by atoms with Crippen LogP contribution in [0.4, 0.5) is 0 Å². The Morgan fingerprint density at radius 2 is 1.60 bits per heavy atom. The first-order valence-corrected chi connectivity index (χ1v) is 6.34. The summed E-state index contributed by atoms with van der Waals surface area (Å²) in [6.45, 7) is 10.3. The van der Waals surface area contributed by atoms with Crippen LogP contribution in [0.2, 0.25) is 0 Å². The van der Waals surface area contributed by atoms with Crippen LogP contribution in [0.1, 0.15) is 20.8 Å². The lowest BCUT2D eigenvalue weighted by atomic mass is 9.81. The van der Waals surface area contributed by atoms with Gasteiger partial charge in [-0.05, 0) is 38.2 Å². The van der Waals surface area contributed by atoms with E-state index in [4.69, 9.17) is 0 Å². The summed E-state index contributed by atoms with van der Waals surface area (Å²) in [6, 6.07) is 0. The normalized spacial score (nSPS) is 15.0. The van der Waals surface area contributed by atoms with E-state index in [1.165, 1.54) is 0 Å². The Hall–Kier alpha value is 0.270. The molecule has 92 valence electrons. The Labute approximate surface area is 101 Å². The van der Waals surface area contributed by atoms with E-state index in [0.717, 1.165) is 25.4 Å². The Bertz CT molecular complexity index is 163. The van der Waals surface area contributed by atoms with Crippen LogP contribution >= 0.6 is 12.6 Å². The minimum atomic E-state index is 0.355. The molecular weight excluding hydrogens is 204 g/mol. The fourth-order valence-electron chi connectivity index (χ4n) is 1.44.